The van der Waals surface area contributed by atoms with Gasteiger partial charge in [-0.25, -0.2) is 18.8 Å². The van der Waals surface area contributed by atoms with Crippen LogP contribution in [0.5, 0.6) is 0 Å². The predicted molar refractivity (Wildman–Crippen MR) is 108 cm³/mol. The number of nitrogens with one attached hydrogen (secondary N) is 1. The van der Waals surface area contributed by atoms with E-state index in [4.69, 9.17) is 8.83 Å². The minimum Gasteiger partial charge on any atom is -0.468 e. The summed E-state index contributed by atoms with van der Waals surface area (Å²) in [5, 5.41) is 6.61. The summed E-state index contributed by atoms with van der Waals surface area (Å²) >= 11 is 1.10. The summed E-state index contributed by atoms with van der Waals surface area (Å²) in [5.74, 6) is -0.172. The number of furan rings is 2. The molecule has 0 aliphatic rings. The lowest BCUT2D eigenvalue weighted by molar-refractivity contribution is 0.0950. The second kappa shape index (κ2) is 8.02. The maximum absolute atomic E-state index is 12.2. The minimum absolute atomic E-state index is 0.0972. The number of amides is 1. The Hall–Kier alpha value is -3.24. The summed E-state index contributed by atoms with van der Waals surface area (Å²) < 4.78 is 35.1. The molecule has 0 atom stereocenters. The largest absolute Gasteiger partial charge is 0.468 e. The number of carbonyl (C=O) groups excluding carboxylic acids is 1. The third-order valence-corrected chi connectivity index (χ3v) is 6.34. The number of sulfone groups is 1. The molecule has 0 radical (unpaired) electrons. The fourth-order valence-electron chi connectivity index (χ4n) is 2.61. The van der Waals surface area contributed by atoms with Crippen LogP contribution in [0.1, 0.15) is 27.0 Å². The van der Waals surface area contributed by atoms with E-state index in [2.05, 4.69) is 15.5 Å². The van der Waals surface area contributed by atoms with E-state index in [1.54, 1.807) is 18.2 Å². The highest BCUT2D eigenvalue weighted by molar-refractivity contribution is 7.89. The zero-order valence-electron chi connectivity index (χ0n) is 14.9. The summed E-state index contributed by atoms with van der Waals surface area (Å²) in [6.45, 7) is 0. The van der Waals surface area contributed by atoms with Gasteiger partial charge in [0.15, 0.2) is 9.84 Å². The first-order chi connectivity index (χ1) is 14.0. The average Bonchev–Trinajstić information content (AvgIpc) is 3.41. The molecule has 0 saturated carbocycles. The fourth-order valence-corrected chi connectivity index (χ4v) is 5.12. The molecule has 8 nitrogen and oxygen atoms in total. The van der Waals surface area contributed by atoms with Gasteiger partial charge in [-0.05, 0) is 24.3 Å². The van der Waals surface area contributed by atoms with Crippen molar-refractivity contribution in [2.75, 3.05) is 0 Å². The molecular formula is C19H15N3O5S2. The molecule has 3 aromatic heterocycles. The van der Waals surface area contributed by atoms with Crippen molar-refractivity contribution in [1.82, 2.24) is 10.4 Å². The van der Waals surface area contributed by atoms with E-state index < -0.39 is 15.7 Å². The van der Waals surface area contributed by atoms with Crippen LogP contribution >= 0.6 is 11.3 Å². The Kier molecular flexibility index (Phi) is 5.28. The lowest BCUT2D eigenvalue weighted by Gasteiger charge is -1.99. The molecule has 0 saturated heterocycles. The molecule has 0 spiro atoms. The molecule has 29 heavy (non-hydrogen) atoms. The van der Waals surface area contributed by atoms with Crippen LogP contribution in [-0.2, 0) is 21.3 Å². The minimum atomic E-state index is -3.46. The molecule has 10 heteroatoms. The summed E-state index contributed by atoms with van der Waals surface area (Å²) in [5.41, 5.74) is 3.17. The van der Waals surface area contributed by atoms with E-state index in [-0.39, 0.29) is 17.2 Å². The van der Waals surface area contributed by atoms with Gasteiger partial charge in [-0.3, -0.25) is 4.79 Å². The molecule has 4 rings (SSSR count). The smallest absolute Gasteiger partial charge is 0.290 e. The number of fused-ring (bicyclic) bond motifs is 1. The van der Waals surface area contributed by atoms with Crippen LogP contribution in [-0.4, -0.2) is 25.5 Å². The number of hydrazone groups is 1. The van der Waals surface area contributed by atoms with Crippen molar-refractivity contribution in [1.29, 1.82) is 0 Å². The SMILES string of the molecule is O=C(NN=Cc1cc2ccccc2o1)c1csc(CS(=O)(=O)Cc2ccco2)n1. The van der Waals surface area contributed by atoms with Gasteiger partial charge >= 0.3 is 0 Å². The molecule has 0 bridgehead atoms. The fraction of sp³-hybridized carbons (Fsp3) is 0.105. The number of thiazole rings is 1. The highest BCUT2D eigenvalue weighted by atomic mass is 32.2. The van der Waals surface area contributed by atoms with Crippen LogP contribution < -0.4 is 5.43 Å². The standard InChI is InChI=1S/C19H15N3O5S2/c23-19(22-20-9-15-8-13-4-1-2-6-17(13)27-15)16-10-28-18(21-16)12-29(24,25)11-14-5-3-7-26-14/h1-10H,11-12H2,(H,22,23). The van der Waals surface area contributed by atoms with Gasteiger partial charge in [-0.2, -0.15) is 5.10 Å². The first-order valence-electron chi connectivity index (χ1n) is 8.48. The maximum Gasteiger partial charge on any atom is 0.290 e. The van der Waals surface area contributed by atoms with E-state index in [0.29, 0.717) is 16.5 Å². The molecule has 0 aliphatic heterocycles. The second-order valence-electron chi connectivity index (χ2n) is 6.12. The lowest BCUT2D eigenvalue weighted by atomic mass is 10.2. The average molecular weight is 429 g/mol. The van der Waals surface area contributed by atoms with Gasteiger partial charge in [0.25, 0.3) is 5.91 Å². The first kappa shape index (κ1) is 19.1. The number of aromatic nitrogens is 1. The Balaban J connectivity index is 1.36. The van der Waals surface area contributed by atoms with Crippen molar-refractivity contribution in [3.63, 3.8) is 0 Å². The molecule has 1 amide bonds. The monoisotopic (exact) mass is 429 g/mol. The number of rotatable bonds is 7. The van der Waals surface area contributed by atoms with Crippen LogP contribution in [0.3, 0.4) is 0 Å². The summed E-state index contributed by atoms with van der Waals surface area (Å²) in [7, 11) is -3.46. The Labute approximate surface area is 169 Å². The van der Waals surface area contributed by atoms with E-state index in [9.17, 15) is 13.2 Å². The molecular weight excluding hydrogens is 414 g/mol. The molecule has 1 N–H and O–H groups in total. The van der Waals surface area contributed by atoms with Gasteiger partial charge in [-0.15, -0.1) is 11.3 Å². The van der Waals surface area contributed by atoms with Gasteiger partial charge in [0, 0.05) is 10.8 Å². The Morgan fingerprint density at radius 3 is 2.86 bits per heavy atom. The maximum atomic E-state index is 12.2. The molecule has 0 fully saturated rings. The van der Waals surface area contributed by atoms with Crippen LogP contribution in [0, 0.1) is 0 Å². The third-order valence-electron chi connectivity index (χ3n) is 3.87. The highest BCUT2D eigenvalue weighted by Crippen LogP contribution is 2.18. The van der Waals surface area contributed by atoms with Crippen LogP contribution in [0.15, 0.2) is 68.0 Å². The topological polar surface area (TPSA) is 115 Å². The van der Waals surface area contributed by atoms with Crippen molar-refractivity contribution in [2.45, 2.75) is 11.5 Å². The molecule has 4 aromatic rings. The number of benzene rings is 1. The van der Waals surface area contributed by atoms with Gasteiger partial charge in [0.1, 0.15) is 39.3 Å². The second-order valence-corrected chi connectivity index (χ2v) is 9.13. The quantitative estimate of drug-likeness (QED) is 0.356. The van der Waals surface area contributed by atoms with Gasteiger partial charge in [0.05, 0.1) is 12.5 Å². The molecule has 0 unspecified atom stereocenters. The molecule has 148 valence electrons. The van der Waals surface area contributed by atoms with Crippen molar-refractivity contribution < 1.29 is 22.0 Å². The summed E-state index contributed by atoms with van der Waals surface area (Å²) in [6.07, 6.45) is 2.81. The highest BCUT2D eigenvalue weighted by Gasteiger charge is 2.19. The Morgan fingerprint density at radius 2 is 2.07 bits per heavy atom. The lowest BCUT2D eigenvalue weighted by Crippen LogP contribution is -2.18. The van der Waals surface area contributed by atoms with E-state index >= 15 is 0 Å². The summed E-state index contributed by atoms with van der Waals surface area (Å²) in [6, 6.07) is 12.5. The Bertz CT molecular complexity index is 1240. The van der Waals surface area contributed by atoms with E-state index in [1.807, 2.05) is 24.3 Å². The van der Waals surface area contributed by atoms with E-state index in [1.165, 1.54) is 17.9 Å². The van der Waals surface area contributed by atoms with Crippen molar-refractivity contribution in [3.05, 3.63) is 76.3 Å². The zero-order valence-corrected chi connectivity index (χ0v) is 16.6. The number of hydrogen-bond acceptors (Lipinski definition) is 8. The molecule has 0 aliphatic carbocycles. The Morgan fingerprint density at radius 1 is 1.21 bits per heavy atom. The molecule has 1 aromatic carbocycles. The van der Waals surface area contributed by atoms with Crippen molar-refractivity contribution in [3.8, 4) is 0 Å². The number of hydrogen-bond donors (Lipinski definition) is 1. The number of para-hydroxylation sites is 1. The first-order valence-corrected chi connectivity index (χ1v) is 11.2. The normalized spacial score (nSPS) is 12.0. The van der Waals surface area contributed by atoms with E-state index in [0.717, 1.165) is 22.3 Å². The molecule has 3 heterocycles. The van der Waals surface area contributed by atoms with Gasteiger partial charge in [0.2, 0.25) is 0 Å². The number of carbonyl (C=O) groups is 1. The van der Waals surface area contributed by atoms with Gasteiger partial charge in [-0.1, -0.05) is 18.2 Å². The summed E-state index contributed by atoms with van der Waals surface area (Å²) in [4.78, 5) is 16.3. The van der Waals surface area contributed by atoms with Crippen molar-refractivity contribution in [2.24, 2.45) is 5.10 Å². The third kappa shape index (κ3) is 4.79. The van der Waals surface area contributed by atoms with Crippen molar-refractivity contribution >= 4 is 44.3 Å². The van der Waals surface area contributed by atoms with Crippen LogP contribution in [0.2, 0.25) is 0 Å². The predicted octanol–water partition coefficient (Wildman–Crippen LogP) is 3.36. The number of nitrogens with zero attached hydrogens (tertiary/aromatic N) is 2. The zero-order chi connectivity index (χ0) is 20.3. The van der Waals surface area contributed by atoms with Crippen LogP contribution in [0.25, 0.3) is 11.0 Å². The van der Waals surface area contributed by atoms with Crippen LogP contribution in [0.4, 0.5) is 0 Å². The van der Waals surface area contributed by atoms with Gasteiger partial charge < -0.3 is 8.83 Å².